The van der Waals surface area contributed by atoms with Crippen LogP contribution in [0, 0.1) is 5.82 Å². The first-order valence-corrected chi connectivity index (χ1v) is 7.64. The third-order valence-electron chi connectivity index (χ3n) is 3.01. The summed E-state index contributed by atoms with van der Waals surface area (Å²) in [7, 11) is -3.79. The molecule has 0 aliphatic carbocycles. The van der Waals surface area contributed by atoms with Gasteiger partial charge in [-0.3, -0.25) is 0 Å². The number of halogens is 1. The van der Waals surface area contributed by atoms with E-state index in [0.717, 1.165) is 0 Å². The molecule has 0 heterocycles. The Balaban J connectivity index is 2.24. The summed E-state index contributed by atoms with van der Waals surface area (Å²) < 4.78 is 39.8. The number of benzene rings is 2. The molecule has 0 aromatic heterocycles. The fourth-order valence-electron chi connectivity index (χ4n) is 1.82. The molecule has 1 unspecified atom stereocenters. The molecule has 0 bridgehead atoms. The van der Waals surface area contributed by atoms with Crippen molar-refractivity contribution in [3.8, 4) is 5.75 Å². The molecule has 7 heteroatoms. The Morgan fingerprint density at radius 1 is 1.19 bits per heavy atom. The topological polar surface area (TPSA) is 92.4 Å². The molecular formula is C14H15FN2O3S. The van der Waals surface area contributed by atoms with Gasteiger partial charge >= 0.3 is 0 Å². The number of sulfonamides is 1. The summed E-state index contributed by atoms with van der Waals surface area (Å²) in [5.74, 6) is -0.569. The minimum absolute atomic E-state index is 0.0210. The Hall–Kier alpha value is -2.12. The van der Waals surface area contributed by atoms with Crippen LogP contribution in [0.25, 0.3) is 0 Å². The highest BCUT2D eigenvalue weighted by atomic mass is 32.2. The molecule has 1 atom stereocenters. The van der Waals surface area contributed by atoms with Gasteiger partial charge in [0.15, 0.2) is 0 Å². The third kappa shape index (κ3) is 3.50. The summed E-state index contributed by atoms with van der Waals surface area (Å²) in [6.45, 7) is 1.65. The van der Waals surface area contributed by atoms with Crippen molar-refractivity contribution in [2.75, 3.05) is 5.73 Å². The number of nitrogens with one attached hydrogen (secondary N) is 1. The van der Waals surface area contributed by atoms with Gasteiger partial charge < -0.3 is 10.8 Å². The first kappa shape index (κ1) is 15.3. The lowest BCUT2D eigenvalue weighted by Crippen LogP contribution is -2.27. The number of phenolic OH excluding ortho intramolecular Hbond substituents is 1. The Morgan fingerprint density at radius 2 is 1.81 bits per heavy atom. The molecule has 112 valence electrons. The monoisotopic (exact) mass is 310 g/mol. The number of aromatic hydroxyl groups is 1. The maximum atomic E-state index is 12.9. The molecule has 4 N–H and O–H groups in total. The van der Waals surface area contributed by atoms with Crippen molar-refractivity contribution in [2.24, 2.45) is 0 Å². The highest BCUT2D eigenvalue weighted by Gasteiger charge is 2.19. The zero-order chi connectivity index (χ0) is 15.6. The van der Waals surface area contributed by atoms with Gasteiger partial charge in [0, 0.05) is 6.04 Å². The van der Waals surface area contributed by atoms with Gasteiger partial charge in [-0.2, -0.15) is 0 Å². The van der Waals surface area contributed by atoms with Crippen molar-refractivity contribution in [1.29, 1.82) is 0 Å². The van der Waals surface area contributed by atoms with E-state index in [4.69, 9.17) is 5.73 Å². The molecule has 0 saturated heterocycles. The van der Waals surface area contributed by atoms with Crippen LogP contribution in [-0.4, -0.2) is 13.5 Å². The third-order valence-corrected chi connectivity index (χ3v) is 4.55. The average Bonchev–Trinajstić information content (AvgIpc) is 2.42. The average molecular weight is 310 g/mol. The van der Waals surface area contributed by atoms with Crippen LogP contribution < -0.4 is 10.5 Å². The Labute approximate surface area is 122 Å². The van der Waals surface area contributed by atoms with Crippen LogP contribution in [0.4, 0.5) is 10.1 Å². The molecule has 0 aliphatic heterocycles. The summed E-state index contributed by atoms with van der Waals surface area (Å²) in [6, 6.07) is 8.65. The van der Waals surface area contributed by atoms with Crippen molar-refractivity contribution < 1.29 is 17.9 Å². The zero-order valence-corrected chi connectivity index (χ0v) is 12.1. The summed E-state index contributed by atoms with van der Waals surface area (Å²) in [5, 5.41) is 9.32. The predicted octanol–water partition coefficient (Wildman–Crippen LogP) is 2.15. The number of nitrogens with two attached hydrogens (primary N) is 1. The second-order valence-electron chi connectivity index (χ2n) is 4.62. The van der Waals surface area contributed by atoms with Crippen molar-refractivity contribution in [1.82, 2.24) is 4.72 Å². The summed E-state index contributed by atoms with van der Waals surface area (Å²) in [5.41, 5.74) is 6.10. The maximum Gasteiger partial charge on any atom is 0.241 e. The smallest absolute Gasteiger partial charge is 0.241 e. The van der Waals surface area contributed by atoms with Gasteiger partial charge in [0.05, 0.1) is 10.6 Å². The van der Waals surface area contributed by atoms with Gasteiger partial charge in [-0.25, -0.2) is 17.5 Å². The molecule has 2 aromatic carbocycles. The molecule has 2 rings (SSSR count). The van der Waals surface area contributed by atoms with Crippen molar-refractivity contribution in [3.63, 3.8) is 0 Å². The van der Waals surface area contributed by atoms with Crippen LogP contribution in [0.2, 0.25) is 0 Å². The van der Waals surface area contributed by atoms with Crippen LogP contribution in [0.1, 0.15) is 18.5 Å². The van der Waals surface area contributed by atoms with E-state index >= 15 is 0 Å². The number of phenols is 1. The van der Waals surface area contributed by atoms with Gasteiger partial charge in [0.25, 0.3) is 0 Å². The van der Waals surface area contributed by atoms with Gasteiger partial charge in [0.2, 0.25) is 10.0 Å². The molecule has 0 saturated carbocycles. The van der Waals surface area contributed by atoms with Gasteiger partial charge in [-0.15, -0.1) is 0 Å². The quantitative estimate of drug-likeness (QED) is 0.596. The van der Waals surface area contributed by atoms with Gasteiger partial charge in [-0.1, -0.05) is 12.1 Å². The fraction of sp³-hybridized carbons (Fsp3) is 0.143. The fourth-order valence-corrected chi connectivity index (χ4v) is 3.09. The van der Waals surface area contributed by atoms with E-state index in [2.05, 4.69) is 4.72 Å². The molecule has 0 radical (unpaired) electrons. The lowest BCUT2D eigenvalue weighted by molar-refractivity contribution is 0.477. The molecule has 2 aromatic rings. The van der Waals surface area contributed by atoms with Crippen LogP contribution in [0.15, 0.2) is 47.4 Å². The number of anilines is 1. The molecule has 0 aliphatic rings. The number of hydrogen-bond donors (Lipinski definition) is 3. The summed E-state index contributed by atoms with van der Waals surface area (Å²) >= 11 is 0. The highest BCUT2D eigenvalue weighted by molar-refractivity contribution is 7.89. The van der Waals surface area contributed by atoms with E-state index in [9.17, 15) is 17.9 Å². The Bertz CT molecular complexity index is 745. The normalized spacial score (nSPS) is 13.0. The lowest BCUT2D eigenvalue weighted by atomic mass is 10.1. The van der Waals surface area contributed by atoms with Crippen LogP contribution in [0.5, 0.6) is 5.75 Å². The van der Waals surface area contributed by atoms with E-state index < -0.39 is 16.1 Å². The van der Waals surface area contributed by atoms with Crippen LogP contribution >= 0.6 is 0 Å². The summed E-state index contributed by atoms with van der Waals surface area (Å²) in [6.07, 6.45) is 0. The largest absolute Gasteiger partial charge is 0.506 e. The van der Waals surface area contributed by atoms with E-state index in [1.807, 2.05) is 0 Å². The van der Waals surface area contributed by atoms with Crippen molar-refractivity contribution >= 4 is 15.7 Å². The standard InChI is InChI=1S/C14H15FN2O3S/c1-9(10-2-4-11(15)5-3-10)17-21(19,20)12-6-7-14(18)13(16)8-12/h2-9,17-18H,16H2,1H3. The second-order valence-corrected chi connectivity index (χ2v) is 6.33. The predicted molar refractivity (Wildman–Crippen MR) is 77.7 cm³/mol. The number of hydrogen-bond acceptors (Lipinski definition) is 4. The van der Waals surface area contributed by atoms with E-state index in [-0.39, 0.29) is 22.1 Å². The number of rotatable bonds is 4. The molecule has 21 heavy (non-hydrogen) atoms. The minimum atomic E-state index is -3.79. The molecule has 5 nitrogen and oxygen atoms in total. The SMILES string of the molecule is CC(NS(=O)(=O)c1ccc(O)c(N)c1)c1ccc(F)cc1. The van der Waals surface area contributed by atoms with E-state index in [1.54, 1.807) is 6.92 Å². The van der Waals surface area contributed by atoms with E-state index in [1.165, 1.54) is 42.5 Å². The lowest BCUT2D eigenvalue weighted by Gasteiger charge is -2.15. The van der Waals surface area contributed by atoms with Gasteiger partial charge in [0.1, 0.15) is 11.6 Å². The summed E-state index contributed by atoms with van der Waals surface area (Å²) in [4.78, 5) is -0.0493. The molecule has 0 amide bonds. The molecule has 0 spiro atoms. The zero-order valence-electron chi connectivity index (χ0n) is 11.2. The van der Waals surface area contributed by atoms with Crippen molar-refractivity contribution in [3.05, 3.63) is 53.8 Å². The van der Waals surface area contributed by atoms with Crippen LogP contribution in [0.3, 0.4) is 0 Å². The van der Waals surface area contributed by atoms with Crippen molar-refractivity contribution in [2.45, 2.75) is 17.9 Å². The minimum Gasteiger partial charge on any atom is -0.506 e. The Kier molecular flexibility index (Phi) is 4.15. The first-order valence-electron chi connectivity index (χ1n) is 6.16. The molecule has 0 fully saturated rings. The van der Waals surface area contributed by atoms with E-state index in [0.29, 0.717) is 5.56 Å². The Morgan fingerprint density at radius 3 is 2.38 bits per heavy atom. The van der Waals surface area contributed by atoms with Crippen LogP contribution in [-0.2, 0) is 10.0 Å². The first-order chi connectivity index (χ1) is 9.79. The van der Waals surface area contributed by atoms with Gasteiger partial charge in [-0.05, 0) is 42.8 Å². The highest BCUT2D eigenvalue weighted by Crippen LogP contribution is 2.24. The molecular weight excluding hydrogens is 295 g/mol. The maximum absolute atomic E-state index is 12.9. The second kappa shape index (κ2) is 5.71. The number of nitrogen functional groups attached to an aromatic ring is 1.